The lowest BCUT2D eigenvalue weighted by Crippen LogP contribution is -2.37. The Hall–Kier alpha value is -2.02. The summed E-state index contributed by atoms with van der Waals surface area (Å²) in [7, 11) is 0. The smallest absolute Gasteiger partial charge is 0.364 e. The monoisotopic (exact) mass is 402 g/mol. The molecule has 0 amide bonds. The van der Waals surface area contributed by atoms with Gasteiger partial charge in [0.2, 0.25) is 0 Å². The van der Waals surface area contributed by atoms with Crippen LogP contribution in [0, 0.1) is 17.5 Å². The van der Waals surface area contributed by atoms with Crippen LogP contribution in [0.2, 0.25) is 0 Å². The van der Waals surface area contributed by atoms with Gasteiger partial charge < -0.3 is 4.74 Å². The molecule has 3 rings (SSSR count). The van der Waals surface area contributed by atoms with Gasteiger partial charge in [0.05, 0.1) is 12.2 Å². The molecule has 7 heteroatoms. The van der Waals surface area contributed by atoms with Gasteiger partial charge in [0.25, 0.3) is 0 Å². The fourth-order valence-corrected chi connectivity index (χ4v) is 3.47. The van der Waals surface area contributed by atoms with Crippen LogP contribution in [-0.4, -0.2) is 12.3 Å². The van der Waals surface area contributed by atoms with E-state index in [1.165, 1.54) is 18.2 Å². The van der Waals surface area contributed by atoms with Crippen LogP contribution in [0.5, 0.6) is 0 Å². The summed E-state index contributed by atoms with van der Waals surface area (Å²) in [6, 6.07) is 4.63. The highest BCUT2D eigenvalue weighted by Crippen LogP contribution is 2.36. The lowest BCUT2D eigenvalue weighted by molar-refractivity contribution is -0.226. The van der Waals surface area contributed by atoms with Gasteiger partial charge in [-0.3, -0.25) is 0 Å². The van der Waals surface area contributed by atoms with Gasteiger partial charge >= 0.3 is 6.18 Å². The van der Waals surface area contributed by atoms with Gasteiger partial charge in [-0.25, -0.2) is 13.2 Å². The van der Waals surface area contributed by atoms with Crippen LogP contribution in [-0.2, 0) is 24.2 Å². The Balaban J connectivity index is 1.92. The fourth-order valence-electron chi connectivity index (χ4n) is 3.47. The minimum atomic E-state index is -4.60. The molecule has 1 unspecified atom stereocenters. The van der Waals surface area contributed by atoms with Crippen molar-refractivity contribution in [1.29, 1.82) is 0 Å². The molecular weight excluding hydrogens is 382 g/mol. The third kappa shape index (κ3) is 4.35. The van der Waals surface area contributed by atoms with E-state index in [2.05, 4.69) is 0 Å². The predicted octanol–water partition coefficient (Wildman–Crippen LogP) is 6.51. The zero-order chi connectivity index (χ0) is 20.5. The summed E-state index contributed by atoms with van der Waals surface area (Å²) in [5, 5.41) is 0. The summed E-state index contributed by atoms with van der Waals surface area (Å²) in [5.41, 5.74) is 0.108. The third-order valence-corrected chi connectivity index (χ3v) is 4.94. The van der Waals surface area contributed by atoms with E-state index in [-0.39, 0.29) is 22.3 Å². The van der Waals surface area contributed by atoms with Crippen LogP contribution < -0.4 is 0 Å². The molecule has 0 radical (unpaired) electrons. The van der Waals surface area contributed by atoms with Gasteiger partial charge in [-0.1, -0.05) is 19.8 Å². The molecule has 0 spiro atoms. The van der Waals surface area contributed by atoms with Crippen LogP contribution >= 0.6 is 0 Å². The number of hydrogen-bond acceptors (Lipinski definition) is 1. The zero-order valence-electron chi connectivity index (χ0n) is 15.3. The molecule has 1 aliphatic heterocycles. The van der Waals surface area contributed by atoms with Crippen molar-refractivity contribution in [3.05, 3.63) is 58.4 Å². The third-order valence-electron chi connectivity index (χ3n) is 4.94. The molecule has 0 saturated heterocycles. The molecule has 0 fully saturated rings. The van der Waals surface area contributed by atoms with E-state index in [4.69, 9.17) is 4.74 Å². The minimum Gasteiger partial charge on any atom is -0.364 e. The van der Waals surface area contributed by atoms with Crippen molar-refractivity contribution in [3.8, 4) is 11.1 Å². The van der Waals surface area contributed by atoms with Crippen molar-refractivity contribution in [2.75, 3.05) is 0 Å². The van der Waals surface area contributed by atoms with E-state index in [0.29, 0.717) is 12.0 Å². The standard InChI is InChI=1S/C21H20F6O/c1-2-3-4-5-12-6-17(23)20(18(24)7-12)13-8-14-11-28-19(21(25,26)27)10-15(14)16(22)9-13/h6-9,19H,2-5,10-11H2,1H3. The summed E-state index contributed by atoms with van der Waals surface area (Å²) in [5.74, 6) is -2.57. The van der Waals surface area contributed by atoms with Crippen molar-refractivity contribution in [2.45, 2.75) is 57.9 Å². The van der Waals surface area contributed by atoms with Gasteiger partial charge in [0, 0.05) is 6.42 Å². The van der Waals surface area contributed by atoms with Crippen LogP contribution in [0.4, 0.5) is 26.3 Å². The van der Waals surface area contributed by atoms with E-state index >= 15 is 0 Å². The van der Waals surface area contributed by atoms with E-state index in [1.54, 1.807) is 0 Å². The van der Waals surface area contributed by atoms with Crippen molar-refractivity contribution >= 4 is 0 Å². The highest BCUT2D eigenvalue weighted by atomic mass is 19.4. The van der Waals surface area contributed by atoms with Gasteiger partial charge in [-0.2, -0.15) is 13.2 Å². The van der Waals surface area contributed by atoms with E-state index in [1.807, 2.05) is 6.92 Å². The summed E-state index contributed by atoms with van der Waals surface area (Å²) in [6.45, 7) is 1.55. The van der Waals surface area contributed by atoms with Gasteiger partial charge in [-0.05, 0) is 59.4 Å². The molecule has 0 saturated carbocycles. The highest BCUT2D eigenvalue weighted by Gasteiger charge is 2.43. The normalized spacial score (nSPS) is 16.9. The first-order valence-electron chi connectivity index (χ1n) is 9.18. The molecule has 0 aliphatic carbocycles. The second-order valence-electron chi connectivity index (χ2n) is 7.03. The van der Waals surface area contributed by atoms with Crippen molar-refractivity contribution in [1.82, 2.24) is 0 Å². The van der Waals surface area contributed by atoms with Gasteiger partial charge in [-0.15, -0.1) is 0 Å². The maximum atomic E-state index is 14.5. The number of fused-ring (bicyclic) bond motifs is 1. The molecule has 1 nitrogen and oxygen atoms in total. The van der Waals surface area contributed by atoms with Crippen LogP contribution in [0.1, 0.15) is 42.9 Å². The highest BCUT2D eigenvalue weighted by molar-refractivity contribution is 5.67. The molecule has 1 atom stereocenters. The Morgan fingerprint density at radius 3 is 2.25 bits per heavy atom. The fraction of sp³-hybridized carbons (Fsp3) is 0.429. The minimum absolute atomic E-state index is 0.0552. The van der Waals surface area contributed by atoms with Gasteiger partial charge in [0.15, 0.2) is 6.10 Å². The van der Waals surface area contributed by atoms with E-state index in [9.17, 15) is 26.3 Å². The summed E-state index contributed by atoms with van der Waals surface area (Å²) in [4.78, 5) is 0. The Morgan fingerprint density at radius 2 is 1.64 bits per heavy atom. The Kier molecular flexibility index (Phi) is 6.03. The number of hydrogen-bond donors (Lipinski definition) is 0. The second kappa shape index (κ2) is 8.15. The van der Waals surface area contributed by atoms with Crippen molar-refractivity contribution in [2.24, 2.45) is 0 Å². The average molecular weight is 402 g/mol. The van der Waals surface area contributed by atoms with E-state index < -0.39 is 42.8 Å². The number of halogens is 6. The molecule has 28 heavy (non-hydrogen) atoms. The van der Waals surface area contributed by atoms with E-state index in [0.717, 1.165) is 25.3 Å². The molecular formula is C21H20F6O. The average Bonchev–Trinajstić information content (AvgIpc) is 2.60. The Morgan fingerprint density at radius 1 is 0.964 bits per heavy atom. The molecule has 2 aromatic carbocycles. The largest absolute Gasteiger partial charge is 0.414 e. The quantitative estimate of drug-likeness (QED) is 0.409. The maximum absolute atomic E-state index is 14.5. The number of unbranched alkanes of at least 4 members (excludes halogenated alkanes) is 2. The number of aryl methyl sites for hydroxylation is 1. The first-order chi connectivity index (χ1) is 13.2. The molecule has 0 aromatic heterocycles. The molecule has 1 heterocycles. The molecule has 152 valence electrons. The van der Waals surface area contributed by atoms with Crippen molar-refractivity contribution in [3.63, 3.8) is 0 Å². The first kappa shape index (κ1) is 20.7. The number of rotatable bonds is 5. The molecule has 2 aromatic rings. The number of alkyl halides is 3. The van der Waals surface area contributed by atoms with Crippen LogP contribution in [0.25, 0.3) is 11.1 Å². The Bertz CT molecular complexity index is 836. The number of ether oxygens (including phenoxy) is 1. The molecule has 1 aliphatic rings. The van der Waals surface area contributed by atoms with Crippen LogP contribution in [0.3, 0.4) is 0 Å². The molecule has 0 bridgehead atoms. The summed E-state index contributed by atoms with van der Waals surface area (Å²) >= 11 is 0. The SMILES string of the molecule is CCCCCc1cc(F)c(-c2cc(F)c3c(c2)COC(C(F)(F)F)C3)c(F)c1. The molecule has 0 N–H and O–H groups in total. The zero-order valence-corrected chi connectivity index (χ0v) is 15.3. The topological polar surface area (TPSA) is 9.23 Å². The van der Waals surface area contributed by atoms with Crippen molar-refractivity contribution < 1.29 is 31.1 Å². The van der Waals surface area contributed by atoms with Crippen LogP contribution in [0.15, 0.2) is 24.3 Å². The van der Waals surface area contributed by atoms with Gasteiger partial charge in [0.1, 0.15) is 17.5 Å². The predicted molar refractivity (Wildman–Crippen MR) is 93.3 cm³/mol. The number of benzene rings is 2. The maximum Gasteiger partial charge on any atom is 0.414 e. The Labute approximate surface area is 159 Å². The summed E-state index contributed by atoms with van der Waals surface area (Å²) < 4.78 is 86.8. The second-order valence-corrected chi connectivity index (χ2v) is 7.03. The lowest BCUT2D eigenvalue weighted by atomic mass is 9.92. The lowest BCUT2D eigenvalue weighted by Gasteiger charge is -2.27. The summed E-state index contributed by atoms with van der Waals surface area (Å²) in [6.07, 6.45) is -4.08. The first-order valence-corrected chi connectivity index (χ1v) is 9.18.